The van der Waals surface area contributed by atoms with Gasteiger partial charge < -0.3 is 5.11 Å². The summed E-state index contributed by atoms with van der Waals surface area (Å²) in [6.45, 7) is 1.93. The van der Waals surface area contributed by atoms with Gasteiger partial charge in [0.05, 0.1) is 6.10 Å². The minimum atomic E-state index is -0.126. The highest BCUT2D eigenvalue weighted by atomic mass is 35.5. The predicted molar refractivity (Wildman–Crippen MR) is 87.9 cm³/mol. The zero-order chi connectivity index (χ0) is 14.8. The molecule has 116 valence electrons. The molecule has 0 amide bonds. The summed E-state index contributed by atoms with van der Waals surface area (Å²) in [5, 5.41) is 11.9. The first-order valence-corrected chi connectivity index (χ1v) is 8.77. The Kier molecular flexibility index (Phi) is 5.11. The average Bonchev–Trinajstić information content (AvgIpc) is 2.91. The molecule has 0 bridgehead atoms. The molecule has 2 aliphatic rings. The van der Waals surface area contributed by atoms with Crippen LogP contribution < -0.4 is 0 Å². The van der Waals surface area contributed by atoms with E-state index in [1.54, 1.807) is 0 Å². The summed E-state index contributed by atoms with van der Waals surface area (Å²) in [6.07, 6.45) is 6.83. The van der Waals surface area contributed by atoms with Gasteiger partial charge in [0.1, 0.15) is 0 Å². The zero-order valence-corrected chi connectivity index (χ0v) is 13.8. The molecule has 1 aromatic rings. The van der Waals surface area contributed by atoms with Gasteiger partial charge in [-0.2, -0.15) is 0 Å². The van der Waals surface area contributed by atoms with Gasteiger partial charge in [-0.1, -0.05) is 36.0 Å². The van der Waals surface area contributed by atoms with Crippen LogP contribution in [0.3, 0.4) is 0 Å². The normalized spacial score (nSPS) is 30.7. The topological polar surface area (TPSA) is 23.5 Å². The Labute approximate surface area is 137 Å². The van der Waals surface area contributed by atoms with Crippen molar-refractivity contribution in [2.45, 2.75) is 57.2 Å². The van der Waals surface area contributed by atoms with E-state index in [0.717, 1.165) is 41.5 Å². The van der Waals surface area contributed by atoms with E-state index in [2.05, 4.69) is 4.90 Å². The number of hydrogen-bond acceptors (Lipinski definition) is 2. The number of likely N-dealkylation sites (tertiary alicyclic amines) is 1. The summed E-state index contributed by atoms with van der Waals surface area (Å²) >= 11 is 12.4. The van der Waals surface area contributed by atoms with Crippen molar-refractivity contribution in [1.82, 2.24) is 4.90 Å². The molecule has 3 unspecified atom stereocenters. The summed E-state index contributed by atoms with van der Waals surface area (Å²) in [7, 11) is 0. The highest BCUT2D eigenvalue weighted by Crippen LogP contribution is 2.36. The van der Waals surface area contributed by atoms with Crippen LogP contribution in [0.15, 0.2) is 18.2 Å². The maximum Gasteiger partial charge on any atom is 0.0583 e. The van der Waals surface area contributed by atoms with Gasteiger partial charge in [0.25, 0.3) is 0 Å². The Morgan fingerprint density at radius 1 is 1.10 bits per heavy atom. The van der Waals surface area contributed by atoms with Gasteiger partial charge in [0.15, 0.2) is 0 Å². The number of benzene rings is 1. The van der Waals surface area contributed by atoms with E-state index in [-0.39, 0.29) is 6.10 Å². The van der Waals surface area contributed by atoms with Crippen molar-refractivity contribution in [3.8, 4) is 0 Å². The Balaban J connectivity index is 1.73. The van der Waals surface area contributed by atoms with Gasteiger partial charge in [-0.05, 0) is 56.0 Å². The minimum absolute atomic E-state index is 0.126. The molecule has 1 heterocycles. The summed E-state index contributed by atoms with van der Waals surface area (Å²) in [5.41, 5.74) is 1.10. The second-order valence-electron chi connectivity index (χ2n) is 6.43. The lowest BCUT2D eigenvalue weighted by Crippen LogP contribution is -2.42. The van der Waals surface area contributed by atoms with Gasteiger partial charge in [-0.3, -0.25) is 4.90 Å². The van der Waals surface area contributed by atoms with E-state index in [0.29, 0.717) is 12.0 Å². The van der Waals surface area contributed by atoms with Crippen LogP contribution >= 0.6 is 23.2 Å². The van der Waals surface area contributed by atoms with Crippen molar-refractivity contribution in [3.05, 3.63) is 33.8 Å². The van der Waals surface area contributed by atoms with Gasteiger partial charge in [-0.25, -0.2) is 0 Å². The second-order valence-corrected chi connectivity index (χ2v) is 7.28. The molecule has 21 heavy (non-hydrogen) atoms. The van der Waals surface area contributed by atoms with Crippen LogP contribution in [0.2, 0.25) is 10.0 Å². The zero-order valence-electron chi connectivity index (χ0n) is 12.3. The van der Waals surface area contributed by atoms with Crippen molar-refractivity contribution in [2.75, 3.05) is 6.54 Å². The van der Waals surface area contributed by atoms with Gasteiger partial charge >= 0.3 is 0 Å². The van der Waals surface area contributed by atoms with E-state index in [4.69, 9.17) is 23.2 Å². The van der Waals surface area contributed by atoms with E-state index in [1.165, 1.54) is 25.7 Å². The molecule has 3 atom stereocenters. The largest absolute Gasteiger partial charge is 0.393 e. The fourth-order valence-corrected chi connectivity index (χ4v) is 4.38. The van der Waals surface area contributed by atoms with Crippen molar-refractivity contribution in [1.29, 1.82) is 0 Å². The standard InChI is InChI=1S/C17H23Cl2NO/c18-13-7-8-15(19)12(10-13)11-20-9-3-5-16(20)14-4-1-2-6-17(14)21/h7-8,10,14,16-17,21H,1-6,9,11H2. The summed E-state index contributed by atoms with van der Waals surface area (Å²) in [4.78, 5) is 2.50. The third kappa shape index (κ3) is 3.56. The monoisotopic (exact) mass is 327 g/mol. The van der Waals surface area contributed by atoms with Crippen LogP contribution in [0.25, 0.3) is 0 Å². The van der Waals surface area contributed by atoms with E-state index in [9.17, 15) is 5.11 Å². The van der Waals surface area contributed by atoms with Crippen molar-refractivity contribution in [2.24, 2.45) is 5.92 Å². The van der Waals surface area contributed by atoms with Crippen LogP contribution in [-0.4, -0.2) is 28.7 Å². The Hall–Kier alpha value is -0.280. The fourth-order valence-electron chi connectivity index (χ4n) is 4.01. The molecule has 4 heteroatoms. The highest BCUT2D eigenvalue weighted by molar-refractivity contribution is 6.33. The molecule has 1 saturated heterocycles. The molecule has 2 fully saturated rings. The first-order chi connectivity index (χ1) is 10.1. The molecule has 0 radical (unpaired) electrons. The number of aliphatic hydroxyl groups excluding tert-OH is 1. The summed E-state index contributed by atoms with van der Waals surface area (Å²) in [5.74, 6) is 0.430. The molecular formula is C17H23Cl2NO. The van der Waals surface area contributed by atoms with Crippen LogP contribution in [-0.2, 0) is 6.54 Å². The molecule has 1 aliphatic heterocycles. The third-order valence-electron chi connectivity index (χ3n) is 5.07. The van der Waals surface area contributed by atoms with Crippen molar-refractivity contribution >= 4 is 23.2 Å². The third-order valence-corrected chi connectivity index (χ3v) is 5.68. The van der Waals surface area contributed by atoms with Gasteiger partial charge in [0, 0.05) is 28.5 Å². The minimum Gasteiger partial charge on any atom is -0.393 e. The predicted octanol–water partition coefficient (Wildman–Crippen LogP) is 4.51. The molecule has 3 rings (SSSR count). The SMILES string of the molecule is OC1CCCCC1C1CCCN1Cc1cc(Cl)ccc1Cl. The maximum atomic E-state index is 10.3. The smallest absolute Gasteiger partial charge is 0.0583 e. The maximum absolute atomic E-state index is 10.3. The van der Waals surface area contributed by atoms with Crippen molar-refractivity contribution in [3.63, 3.8) is 0 Å². The Morgan fingerprint density at radius 3 is 2.71 bits per heavy atom. The Morgan fingerprint density at radius 2 is 1.90 bits per heavy atom. The van der Waals surface area contributed by atoms with Gasteiger partial charge in [-0.15, -0.1) is 0 Å². The number of hydrogen-bond donors (Lipinski definition) is 1. The van der Waals surface area contributed by atoms with Gasteiger partial charge in [0.2, 0.25) is 0 Å². The van der Waals surface area contributed by atoms with E-state index < -0.39 is 0 Å². The van der Waals surface area contributed by atoms with Crippen molar-refractivity contribution < 1.29 is 5.11 Å². The van der Waals surface area contributed by atoms with Crippen LogP contribution in [0, 0.1) is 5.92 Å². The van der Waals surface area contributed by atoms with Crippen LogP contribution in [0.4, 0.5) is 0 Å². The molecule has 0 spiro atoms. The molecule has 0 aromatic heterocycles. The highest BCUT2D eigenvalue weighted by Gasteiger charge is 2.36. The number of rotatable bonds is 3. The Bertz CT molecular complexity index is 494. The molecule has 1 N–H and O–H groups in total. The molecule has 2 nitrogen and oxygen atoms in total. The van der Waals surface area contributed by atoms with E-state index in [1.807, 2.05) is 18.2 Å². The van der Waals surface area contributed by atoms with Crippen LogP contribution in [0.5, 0.6) is 0 Å². The molecule has 1 aliphatic carbocycles. The lowest BCUT2D eigenvalue weighted by Gasteiger charge is -2.37. The first kappa shape index (κ1) is 15.6. The first-order valence-electron chi connectivity index (χ1n) is 8.01. The molecular weight excluding hydrogens is 305 g/mol. The van der Waals surface area contributed by atoms with Crippen LogP contribution in [0.1, 0.15) is 44.1 Å². The fraction of sp³-hybridized carbons (Fsp3) is 0.647. The number of halogens is 2. The molecule has 1 saturated carbocycles. The molecule has 1 aromatic carbocycles. The lowest BCUT2D eigenvalue weighted by molar-refractivity contribution is 0.0202. The van der Waals surface area contributed by atoms with E-state index >= 15 is 0 Å². The number of nitrogens with zero attached hydrogens (tertiary/aromatic N) is 1. The quantitative estimate of drug-likeness (QED) is 0.882. The summed E-state index contributed by atoms with van der Waals surface area (Å²) in [6, 6.07) is 6.17. The number of aliphatic hydroxyl groups is 1. The second kappa shape index (κ2) is 6.87. The lowest BCUT2D eigenvalue weighted by atomic mass is 9.80. The average molecular weight is 328 g/mol. The summed E-state index contributed by atoms with van der Waals surface area (Å²) < 4.78 is 0.